The summed E-state index contributed by atoms with van der Waals surface area (Å²) in [5.41, 5.74) is 4.58. The molecule has 2 aromatic rings. The van der Waals surface area contributed by atoms with E-state index in [1.165, 1.54) is 29.1 Å². The molecule has 1 heterocycles. The minimum absolute atomic E-state index is 0.239. The van der Waals surface area contributed by atoms with E-state index in [0.29, 0.717) is 12.2 Å². The average Bonchev–Trinajstić information content (AvgIpc) is 2.73. The van der Waals surface area contributed by atoms with Gasteiger partial charge in [0.05, 0.1) is 11.9 Å². The van der Waals surface area contributed by atoms with E-state index < -0.39 is 10.0 Å². The summed E-state index contributed by atoms with van der Waals surface area (Å²) in [7, 11) is -3.60. The molecule has 0 atom stereocenters. The summed E-state index contributed by atoms with van der Waals surface area (Å²) >= 11 is 0. The van der Waals surface area contributed by atoms with Gasteiger partial charge in [-0.15, -0.1) is 0 Å². The number of anilines is 1. The minimum atomic E-state index is -3.60. The molecule has 6 nitrogen and oxygen atoms in total. The van der Waals surface area contributed by atoms with Crippen LogP contribution in [-0.4, -0.2) is 45.1 Å². The first-order chi connectivity index (χ1) is 14.7. The number of amides is 1. The largest absolute Gasteiger partial charge is 0.350 e. The lowest BCUT2D eigenvalue weighted by Gasteiger charge is -2.27. The normalized spacial score (nSPS) is 14.9. The number of carbonyl (C=O) groups is 1. The van der Waals surface area contributed by atoms with E-state index in [1.807, 2.05) is 44.2 Å². The zero-order valence-corrected chi connectivity index (χ0v) is 19.5. The van der Waals surface area contributed by atoms with Crippen molar-refractivity contribution < 1.29 is 13.2 Å². The van der Waals surface area contributed by atoms with Crippen LogP contribution < -0.4 is 9.62 Å². The molecule has 0 saturated carbocycles. The van der Waals surface area contributed by atoms with Crippen molar-refractivity contribution in [1.29, 1.82) is 0 Å². The van der Waals surface area contributed by atoms with Gasteiger partial charge in [-0.05, 0) is 68.1 Å². The third kappa shape index (κ3) is 6.55. The molecule has 1 fully saturated rings. The molecule has 0 unspecified atom stereocenters. The Bertz CT molecular complexity index is 1010. The first-order valence-corrected chi connectivity index (χ1v) is 12.7. The molecule has 1 aliphatic heterocycles. The van der Waals surface area contributed by atoms with Gasteiger partial charge in [0.2, 0.25) is 15.9 Å². The number of hydrogen-bond acceptors (Lipinski definition) is 4. The predicted molar refractivity (Wildman–Crippen MR) is 126 cm³/mol. The number of nitrogens with zero attached hydrogens (tertiary/aromatic N) is 2. The van der Waals surface area contributed by atoms with Crippen LogP contribution in [0.25, 0.3) is 0 Å². The fourth-order valence-corrected chi connectivity index (χ4v) is 4.90. The topological polar surface area (TPSA) is 69.7 Å². The first kappa shape index (κ1) is 23.3. The average molecular weight is 444 g/mol. The fraction of sp³-hybridized carbons (Fsp3) is 0.458. The van der Waals surface area contributed by atoms with Crippen LogP contribution in [0.5, 0.6) is 0 Å². The van der Waals surface area contributed by atoms with E-state index in [1.54, 1.807) is 6.07 Å². The molecule has 1 N–H and O–H groups in total. The second-order valence-corrected chi connectivity index (χ2v) is 10.3. The highest BCUT2D eigenvalue weighted by molar-refractivity contribution is 7.92. The molecule has 7 heteroatoms. The van der Waals surface area contributed by atoms with Crippen molar-refractivity contribution in [3.63, 3.8) is 0 Å². The summed E-state index contributed by atoms with van der Waals surface area (Å²) in [4.78, 5) is 15.2. The lowest BCUT2D eigenvalue weighted by Crippen LogP contribution is -2.40. The Kier molecular flexibility index (Phi) is 7.73. The predicted octanol–water partition coefficient (Wildman–Crippen LogP) is 3.37. The maximum atomic E-state index is 12.7. The standard InChI is InChI=1S/C24H33N3O3S/c1-19-11-12-20(2)23(15-19)27(31(3,29)30)18-24(28)25-16-21-9-5-6-10-22(21)17-26-13-7-4-8-14-26/h5-6,9-12,15H,4,7-8,13-14,16-18H2,1-3H3,(H,25,28). The third-order valence-corrected chi connectivity index (χ3v) is 6.88. The zero-order chi connectivity index (χ0) is 22.4. The Balaban J connectivity index is 1.68. The first-order valence-electron chi connectivity index (χ1n) is 10.8. The van der Waals surface area contributed by atoms with Crippen LogP contribution in [0, 0.1) is 13.8 Å². The van der Waals surface area contributed by atoms with E-state index >= 15 is 0 Å². The van der Waals surface area contributed by atoms with Crippen molar-refractivity contribution in [2.45, 2.75) is 46.2 Å². The lowest BCUT2D eigenvalue weighted by atomic mass is 10.0. The van der Waals surface area contributed by atoms with Gasteiger partial charge < -0.3 is 5.32 Å². The number of carbonyl (C=O) groups excluding carboxylic acids is 1. The van der Waals surface area contributed by atoms with Gasteiger partial charge in [-0.3, -0.25) is 14.0 Å². The van der Waals surface area contributed by atoms with Crippen LogP contribution >= 0.6 is 0 Å². The molecule has 0 spiro atoms. The summed E-state index contributed by atoms with van der Waals surface area (Å²) in [6.07, 6.45) is 4.90. The van der Waals surface area contributed by atoms with Gasteiger partial charge in [0, 0.05) is 13.1 Å². The Labute approximate surface area is 186 Å². The monoisotopic (exact) mass is 443 g/mol. The Morgan fingerprint density at radius 1 is 1.03 bits per heavy atom. The Hall–Kier alpha value is -2.38. The molecule has 0 aliphatic carbocycles. The summed E-state index contributed by atoms with van der Waals surface area (Å²) < 4.78 is 26.0. The van der Waals surface area contributed by atoms with Crippen LogP contribution in [0.3, 0.4) is 0 Å². The number of nitrogens with one attached hydrogen (secondary N) is 1. The van der Waals surface area contributed by atoms with Crippen molar-refractivity contribution in [2.24, 2.45) is 0 Å². The molecule has 168 valence electrons. The van der Waals surface area contributed by atoms with E-state index in [9.17, 15) is 13.2 Å². The van der Waals surface area contributed by atoms with Crippen LogP contribution in [-0.2, 0) is 27.9 Å². The zero-order valence-electron chi connectivity index (χ0n) is 18.7. The van der Waals surface area contributed by atoms with Gasteiger partial charge >= 0.3 is 0 Å². The second kappa shape index (κ2) is 10.3. The maximum Gasteiger partial charge on any atom is 0.241 e. The summed E-state index contributed by atoms with van der Waals surface area (Å²) in [5.74, 6) is -0.320. The van der Waals surface area contributed by atoms with Gasteiger partial charge in [0.25, 0.3) is 0 Å². The molecule has 0 aromatic heterocycles. The highest BCUT2D eigenvalue weighted by Gasteiger charge is 2.22. The molecule has 2 aromatic carbocycles. The van der Waals surface area contributed by atoms with E-state index in [4.69, 9.17) is 0 Å². The van der Waals surface area contributed by atoms with Gasteiger partial charge in [-0.1, -0.05) is 42.8 Å². The third-order valence-electron chi connectivity index (χ3n) is 5.76. The molecule has 1 aliphatic rings. The second-order valence-electron chi connectivity index (χ2n) is 8.44. The van der Waals surface area contributed by atoms with Gasteiger partial charge in [0.1, 0.15) is 6.54 Å². The van der Waals surface area contributed by atoms with Crippen molar-refractivity contribution in [3.05, 3.63) is 64.7 Å². The van der Waals surface area contributed by atoms with Crippen LogP contribution in [0.1, 0.15) is 41.5 Å². The van der Waals surface area contributed by atoms with Crippen LogP contribution in [0.2, 0.25) is 0 Å². The van der Waals surface area contributed by atoms with Crippen molar-refractivity contribution in [3.8, 4) is 0 Å². The van der Waals surface area contributed by atoms with Crippen LogP contribution in [0.15, 0.2) is 42.5 Å². The van der Waals surface area contributed by atoms with E-state index in [-0.39, 0.29) is 12.5 Å². The molecule has 31 heavy (non-hydrogen) atoms. The molecule has 1 saturated heterocycles. The van der Waals surface area contributed by atoms with E-state index in [2.05, 4.69) is 16.3 Å². The highest BCUT2D eigenvalue weighted by atomic mass is 32.2. The smallest absolute Gasteiger partial charge is 0.241 e. The maximum absolute atomic E-state index is 12.7. The van der Waals surface area contributed by atoms with E-state index in [0.717, 1.165) is 42.6 Å². The van der Waals surface area contributed by atoms with Gasteiger partial charge in [0.15, 0.2) is 0 Å². The van der Waals surface area contributed by atoms with Crippen molar-refractivity contribution in [1.82, 2.24) is 10.2 Å². The molecule has 0 radical (unpaired) electrons. The number of likely N-dealkylation sites (tertiary alicyclic amines) is 1. The molecule has 1 amide bonds. The quantitative estimate of drug-likeness (QED) is 0.679. The number of sulfonamides is 1. The molecule has 0 bridgehead atoms. The van der Waals surface area contributed by atoms with Crippen molar-refractivity contribution in [2.75, 3.05) is 30.2 Å². The van der Waals surface area contributed by atoms with Gasteiger partial charge in [-0.25, -0.2) is 8.42 Å². The fourth-order valence-electron chi connectivity index (χ4n) is 3.99. The Morgan fingerprint density at radius 2 is 1.71 bits per heavy atom. The number of hydrogen-bond donors (Lipinski definition) is 1. The summed E-state index contributed by atoms with van der Waals surface area (Å²) in [6.45, 7) is 7.00. The number of aryl methyl sites for hydroxylation is 2. The number of piperidine rings is 1. The molecular weight excluding hydrogens is 410 g/mol. The lowest BCUT2D eigenvalue weighted by molar-refractivity contribution is -0.119. The SMILES string of the molecule is Cc1ccc(C)c(N(CC(=O)NCc2ccccc2CN2CCCCC2)S(C)(=O)=O)c1. The minimum Gasteiger partial charge on any atom is -0.350 e. The summed E-state index contributed by atoms with van der Waals surface area (Å²) in [5, 5.41) is 2.92. The van der Waals surface area contributed by atoms with Gasteiger partial charge in [-0.2, -0.15) is 0 Å². The molecular formula is C24H33N3O3S. The number of benzene rings is 2. The molecule has 3 rings (SSSR count). The summed E-state index contributed by atoms with van der Waals surface area (Å²) in [6, 6.07) is 13.7. The highest BCUT2D eigenvalue weighted by Crippen LogP contribution is 2.24. The Morgan fingerprint density at radius 3 is 2.39 bits per heavy atom. The van der Waals surface area contributed by atoms with Crippen molar-refractivity contribution >= 4 is 21.6 Å². The van der Waals surface area contributed by atoms with Crippen LogP contribution in [0.4, 0.5) is 5.69 Å². The number of rotatable bonds is 8.